The van der Waals surface area contributed by atoms with E-state index in [0.717, 1.165) is 12.8 Å². The number of hydrogen-bond acceptors (Lipinski definition) is 2. The van der Waals surface area contributed by atoms with E-state index in [1.807, 2.05) is 6.92 Å². The largest absolute Gasteiger partial charge is 0.393 e. The zero-order valence-corrected chi connectivity index (χ0v) is 9.99. The summed E-state index contributed by atoms with van der Waals surface area (Å²) in [6.45, 7) is 6.34. The van der Waals surface area contributed by atoms with Crippen LogP contribution >= 0.6 is 12.2 Å². The molecule has 0 aromatic rings. The van der Waals surface area contributed by atoms with Crippen molar-refractivity contribution >= 4 is 23.1 Å². The Morgan fingerprint density at radius 2 is 1.93 bits per heavy atom. The first kappa shape index (κ1) is 13.4. The van der Waals surface area contributed by atoms with Crippen molar-refractivity contribution < 1.29 is 4.79 Å². The molecule has 3 nitrogen and oxygen atoms in total. The Labute approximate surface area is 91.4 Å². The van der Waals surface area contributed by atoms with Gasteiger partial charge in [-0.15, -0.1) is 0 Å². The average molecular weight is 216 g/mol. The molecule has 0 rings (SSSR count). The molecule has 0 saturated carbocycles. The van der Waals surface area contributed by atoms with Crippen LogP contribution < -0.4 is 11.1 Å². The molecule has 0 aromatic carbocycles. The number of rotatable bonds is 6. The highest BCUT2D eigenvalue weighted by atomic mass is 32.1. The van der Waals surface area contributed by atoms with E-state index in [0.29, 0.717) is 5.92 Å². The van der Waals surface area contributed by atoms with Crippen molar-refractivity contribution in [3.8, 4) is 0 Å². The van der Waals surface area contributed by atoms with Gasteiger partial charge in [0.05, 0.1) is 11.4 Å². The lowest BCUT2D eigenvalue weighted by Crippen LogP contribution is -2.34. The van der Waals surface area contributed by atoms with Crippen LogP contribution in [0.2, 0.25) is 0 Å². The summed E-state index contributed by atoms with van der Waals surface area (Å²) in [4.78, 5) is 11.5. The number of nitrogens with two attached hydrogens (primary N) is 1. The fourth-order valence-corrected chi connectivity index (χ4v) is 1.27. The van der Waals surface area contributed by atoms with Gasteiger partial charge in [0.15, 0.2) is 0 Å². The van der Waals surface area contributed by atoms with Gasteiger partial charge in [-0.2, -0.15) is 0 Å². The molecule has 1 atom stereocenters. The molecule has 0 fully saturated rings. The van der Waals surface area contributed by atoms with Gasteiger partial charge in [0, 0.05) is 6.04 Å². The smallest absolute Gasteiger partial charge is 0.227 e. The van der Waals surface area contributed by atoms with E-state index >= 15 is 0 Å². The number of carbonyl (C=O) groups excluding carboxylic acids is 1. The SMILES string of the molecule is CC(C)CCC(C)NC(=O)CC(N)=S. The van der Waals surface area contributed by atoms with Gasteiger partial charge in [-0.1, -0.05) is 26.1 Å². The third-order valence-corrected chi connectivity index (χ3v) is 2.06. The second-order valence-corrected chi connectivity index (χ2v) is 4.61. The molecule has 1 amide bonds. The minimum atomic E-state index is -0.0752. The minimum Gasteiger partial charge on any atom is -0.393 e. The first-order valence-corrected chi connectivity index (χ1v) is 5.40. The fraction of sp³-hybridized carbons (Fsp3) is 0.800. The number of nitrogens with one attached hydrogen (secondary N) is 1. The monoisotopic (exact) mass is 216 g/mol. The number of hydrogen-bond donors (Lipinski definition) is 2. The minimum absolute atomic E-state index is 0.0752. The third kappa shape index (κ3) is 7.98. The highest BCUT2D eigenvalue weighted by Crippen LogP contribution is 2.06. The van der Waals surface area contributed by atoms with Crippen LogP contribution in [0.3, 0.4) is 0 Å². The normalized spacial score (nSPS) is 12.6. The van der Waals surface area contributed by atoms with Crippen LogP contribution in [-0.2, 0) is 4.79 Å². The van der Waals surface area contributed by atoms with Gasteiger partial charge < -0.3 is 11.1 Å². The predicted molar refractivity (Wildman–Crippen MR) is 63.1 cm³/mol. The first-order chi connectivity index (χ1) is 6.41. The number of carbonyl (C=O) groups is 1. The summed E-state index contributed by atoms with van der Waals surface area (Å²) in [6.07, 6.45) is 2.27. The highest BCUT2D eigenvalue weighted by molar-refractivity contribution is 7.80. The molecule has 0 aliphatic heterocycles. The van der Waals surface area contributed by atoms with Crippen molar-refractivity contribution in [1.82, 2.24) is 5.32 Å². The van der Waals surface area contributed by atoms with Crippen LogP contribution in [0, 0.1) is 5.92 Å². The van der Waals surface area contributed by atoms with Gasteiger partial charge >= 0.3 is 0 Å². The van der Waals surface area contributed by atoms with E-state index in [9.17, 15) is 4.79 Å². The predicted octanol–water partition coefficient (Wildman–Crippen LogP) is 1.60. The molecule has 0 heterocycles. The molecule has 0 aromatic heterocycles. The second kappa shape index (κ2) is 6.76. The van der Waals surface area contributed by atoms with E-state index < -0.39 is 0 Å². The Kier molecular flexibility index (Phi) is 6.45. The summed E-state index contributed by atoms with van der Waals surface area (Å²) in [5.74, 6) is 0.596. The van der Waals surface area contributed by atoms with E-state index in [-0.39, 0.29) is 23.4 Å². The van der Waals surface area contributed by atoms with E-state index in [1.54, 1.807) is 0 Å². The molecule has 82 valence electrons. The molecule has 0 saturated heterocycles. The topological polar surface area (TPSA) is 55.1 Å². The van der Waals surface area contributed by atoms with Gasteiger partial charge in [0.1, 0.15) is 0 Å². The maximum Gasteiger partial charge on any atom is 0.227 e. The van der Waals surface area contributed by atoms with Crippen LogP contribution in [0.5, 0.6) is 0 Å². The summed E-state index contributed by atoms with van der Waals surface area (Å²) in [7, 11) is 0. The molecular weight excluding hydrogens is 196 g/mol. The van der Waals surface area contributed by atoms with Crippen molar-refractivity contribution in [2.75, 3.05) is 0 Å². The molecule has 0 bridgehead atoms. The van der Waals surface area contributed by atoms with Gasteiger partial charge in [-0.25, -0.2) is 0 Å². The molecule has 3 N–H and O–H groups in total. The summed E-state index contributed by atoms with van der Waals surface area (Å²) < 4.78 is 0. The van der Waals surface area contributed by atoms with Crippen LogP contribution in [-0.4, -0.2) is 16.9 Å². The molecule has 1 unspecified atom stereocenters. The molecular formula is C10H20N2OS. The Morgan fingerprint density at radius 1 is 1.36 bits per heavy atom. The average Bonchev–Trinajstić information content (AvgIpc) is 1.98. The van der Waals surface area contributed by atoms with Crippen molar-refractivity contribution in [3.63, 3.8) is 0 Å². The lowest BCUT2D eigenvalue weighted by atomic mass is 10.0. The molecule has 0 radical (unpaired) electrons. The fourth-order valence-electron chi connectivity index (χ4n) is 1.14. The zero-order valence-electron chi connectivity index (χ0n) is 9.17. The third-order valence-electron chi connectivity index (χ3n) is 1.92. The maximum atomic E-state index is 11.2. The quantitative estimate of drug-likeness (QED) is 0.663. The summed E-state index contributed by atoms with van der Waals surface area (Å²) in [5.41, 5.74) is 5.26. The Bertz CT molecular complexity index is 204. The Morgan fingerprint density at radius 3 is 2.36 bits per heavy atom. The standard InChI is InChI=1S/C10H20N2OS/c1-7(2)4-5-8(3)12-10(13)6-9(11)14/h7-8H,4-6H2,1-3H3,(H2,11,14)(H,12,13). The van der Waals surface area contributed by atoms with Gasteiger partial charge in [0.25, 0.3) is 0 Å². The van der Waals surface area contributed by atoms with Crippen molar-refractivity contribution in [1.29, 1.82) is 0 Å². The second-order valence-electron chi connectivity index (χ2n) is 4.08. The lowest BCUT2D eigenvalue weighted by Gasteiger charge is -2.14. The summed E-state index contributed by atoms with van der Waals surface area (Å²) in [6, 6.07) is 0.208. The van der Waals surface area contributed by atoms with Crippen LogP contribution in [0.1, 0.15) is 40.0 Å². The van der Waals surface area contributed by atoms with Crippen molar-refractivity contribution in [3.05, 3.63) is 0 Å². The summed E-state index contributed by atoms with van der Waals surface area (Å²) >= 11 is 4.65. The molecule has 0 aliphatic carbocycles. The van der Waals surface area contributed by atoms with Crippen molar-refractivity contribution in [2.24, 2.45) is 11.7 Å². The Balaban J connectivity index is 3.65. The van der Waals surface area contributed by atoms with Crippen LogP contribution in [0.4, 0.5) is 0 Å². The Hall–Kier alpha value is -0.640. The van der Waals surface area contributed by atoms with Crippen LogP contribution in [0.25, 0.3) is 0 Å². The molecule has 4 heteroatoms. The van der Waals surface area contributed by atoms with Crippen molar-refractivity contribution in [2.45, 2.75) is 46.1 Å². The molecule has 14 heavy (non-hydrogen) atoms. The first-order valence-electron chi connectivity index (χ1n) is 4.99. The van der Waals surface area contributed by atoms with E-state index in [1.165, 1.54) is 0 Å². The lowest BCUT2D eigenvalue weighted by molar-refractivity contribution is -0.120. The number of amides is 1. The summed E-state index contributed by atoms with van der Waals surface area (Å²) in [5, 5.41) is 2.86. The van der Waals surface area contributed by atoms with Gasteiger partial charge in [-0.05, 0) is 25.7 Å². The highest BCUT2D eigenvalue weighted by Gasteiger charge is 2.08. The molecule has 0 aliphatic rings. The van der Waals surface area contributed by atoms with Crippen LogP contribution in [0.15, 0.2) is 0 Å². The molecule has 0 spiro atoms. The van der Waals surface area contributed by atoms with E-state index in [2.05, 4.69) is 31.4 Å². The number of thiocarbonyl (C=S) groups is 1. The zero-order chi connectivity index (χ0) is 11.1. The van der Waals surface area contributed by atoms with Gasteiger partial charge in [0.2, 0.25) is 5.91 Å². The van der Waals surface area contributed by atoms with Gasteiger partial charge in [-0.3, -0.25) is 4.79 Å². The van der Waals surface area contributed by atoms with E-state index in [4.69, 9.17) is 5.73 Å². The maximum absolute atomic E-state index is 11.2.